The van der Waals surface area contributed by atoms with E-state index >= 15 is 0 Å². The van der Waals surface area contributed by atoms with Crippen molar-refractivity contribution in [3.8, 4) is 11.3 Å². The van der Waals surface area contributed by atoms with Gasteiger partial charge in [-0.1, -0.05) is 11.6 Å². The number of nitrogens with zero attached hydrogens (tertiary/aromatic N) is 2. The second-order valence-corrected chi connectivity index (χ2v) is 7.28. The third kappa shape index (κ3) is 4.15. The number of halogens is 1. The second-order valence-electron chi connectivity index (χ2n) is 5.85. The highest BCUT2D eigenvalue weighted by Gasteiger charge is 2.34. The van der Waals surface area contributed by atoms with Gasteiger partial charge >= 0.3 is 0 Å². The zero-order chi connectivity index (χ0) is 18.0. The third-order valence-corrected chi connectivity index (χ3v) is 4.83. The van der Waals surface area contributed by atoms with Crippen LogP contribution in [0.1, 0.15) is 5.76 Å². The summed E-state index contributed by atoms with van der Waals surface area (Å²) in [7, 11) is 3.80. The van der Waals surface area contributed by atoms with Crippen molar-refractivity contribution in [2.45, 2.75) is 0 Å². The standard InChI is InChI=1S/C18H17ClN2O3S/c1-20(2)9-10-21-17(22)16(25-18(21)23)11-14-7-8-15(24-14)12-3-5-13(19)6-4-12/h3-8,11H,9-10H2,1-2H3/b16-11-. The van der Waals surface area contributed by atoms with Gasteiger partial charge in [-0.05, 0) is 62.3 Å². The van der Waals surface area contributed by atoms with E-state index in [0.717, 1.165) is 17.3 Å². The highest BCUT2D eigenvalue weighted by atomic mass is 35.5. The summed E-state index contributed by atoms with van der Waals surface area (Å²) < 4.78 is 5.77. The zero-order valence-corrected chi connectivity index (χ0v) is 15.4. The van der Waals surface area contributed by atoms with E-state index in [1.807, 2.05) is 37.2 Å². The lowest BCUT2D eigenvalue weighted by Gasteiger charge is -2.15. The van der Waals surface area contributed by atoms with Crippen LogP contribution in [0.2, 0.25) is 5.02 Å². The normalized spacial score (nSPS) is 16.5. The Bertz CT molecular complexity index is 827. The fourth-order valence-electron chi connectivity index (χ4n) is 2.32. The maximum atomic E-state index is 12.4. The largest absolute Gasteiger partial charge is 0.457 e. The summed E-state index contributed by atoms with van der Waals surface area (Å²) in [6, 6.07) is 10.9. The van der Waals surface area contributed by atoms with E-state index < -0.39 is 0 Å². The Morgan fingerprint density at radius 1 is 1.16 bits per heavy atom. The van der Waals surface area contributed by atoms with Gasteiger partial charge in [-0.25, -0.2) is 0 Å². The van der Waals surface area contributed by atoms with Gasteiger partial charge in [0.15, 0.2) is 0 Å². The molecule has 2 aromatic rings. The fourth-order valence-corrected chi connectivity index (χ4v) is 3.29. The minimum absolute atomic E-state index is 0.248. The Hall–Kier alpha value is -2.02. The molecule has 2 heterocycles. The number of furan rings is 1. The number of imide groups is 1. The lowest BCUT2D eigenvalue weighted by molar-refractivity contribution is -0.122. The Labute approximate surface area is 155 Å². The zero-order valence-electron chi connectivity index (χ0n) is 13.9. The van der Waals surface area contributed by atoms with Gasteiger partial charge in [0.1, 0.15) is 11.5 Å². The number of hydrogen-bond acceptors (Lipinski definition) is 5. The van der Waals surface area contributed by atoms with Gasteiger partial charge < -0.3 is 9.32 Å². The summed E-state index contributed by atoms with van der Waals surface area (Å²) in [6.07, 6.45) is 1.61. The number of thioether (sulfide) groups is 1. The quantitative estimate of drug-likeness (QED) is 0.732. The van der Waals surface area contributed by atoms with E-state index in [-0.39, 0.29) is 11.1 Å². The second kappa shape index (κ2) is 7.47. The Kier molecular flexibility index (Phi) is 5.32. The first-order valence-corrected chi connectivity index (χ1v) is 8.89. The van der Waals surface area contributed by atoms with Crippen molar-refractivity contribution in [3.05, 3.63) is 52.1 Å². The summed E-state index contributed by atoms with van der Waals surface area (Å²) in [5.41, 5.74) is 0.892. The predicted molar refractivity (Wildman–Crippen MR) is 100 cm³/mol. The van der Waals surface area contributed by atoms with Crippen molar-refractivity contribution in [2.75, 3.05) is 27.2 Å². The summed E-state index contributed by atoms with van der Waals surface area (Å²) in [5.74, 6) is 0.930. The van der Waals surface area contributed by atoms with Crippen LogP contribution in [0.5, 0.6) is 0 Å². The molecule has 3 rings (SSSR count). The van der Waals surface area contributed by atoms with Crippen LogP contribution in [-0.2, 0) is 4.79 Å². The molecule has 1 fully saturated rings. The summed E-state index contributed by atoms with van der Waals surface area (Å²) in [6.45, 7) is 1.01. The molecule has 7 heteroatoms. The summed E-state index contributed by atoms with van der Waals surface area (Å²) in [5, 5.41) is 0.407. The van der Waals surface area contributed by atoms with Crippen molar-refractivity contribution in [2.24, 2.45) is 0 Å². The third-order valence-electron chi connectivity index (χ3n) is 3.67. The molecular weight excluding hydrogens is 360 g/mol. The molecule has 0 spiro atoms. The molecule has 0 atom stereocenters. The molecule has 1 aromatic heterocycles. The summed E-state index contributed by atoms with van der Waals surface area (Å²) in [4.78, 5) is 28.0. The average molecular weight is 377 g/mol. The number of rotatable bonds is 5. The molecule has 1 saturated heterocycles. The molecule has 0 unspecified atom stereocenters. The van der Waals surface area contributed by atoms with Gasteiger partial charge in [-0.3, -0.25) is 14.5 Å². The number of carbonyl (C=O) groups excluding carboxylic acids is 2. The first kappa shape index (κ1) is 17.8. The van der Waals surface area contributed by atoms with E-state index in [2.05, 4.69) is 0 Å². The topological polar surface area (TPSA) is 53.8 Å². The van der Waals surface area contributed by atoms with Crippen LogP contribution in [0.25, 0.3) is 17.4 Å². The van der Waals surface area contributed by atoms with E-state index in [1.54, 1.807) is 24.3 Å². The SMILES string of the molecule is CN(C)CCN1C(=O)S/C(=C\c2ccc(-c3ccc(Cl)cc3)o2)C1=O. The number of benzene rings is 1. The number of likely N-dealkylation sites (N-methyl/N-ethyl adjacent to an activating group) is 1. The maximum absolute atomic E-state index is 12.4. The van der Waals surface area contributed by atoms with Gasteiger partial charge in [0.25, 0.3) is 11.1 Å². The van der Waals surface area contributed by atoms with Crippen LogP contribution in [0.4, 0.5) is 4.79 Å². The number of amides is 2. The van der Waals surface area contributed by atoms with Crippen LogP contribution < -0.4 is 0 Å². The van der Waals surface area contributed by atoms with E-state index in [0.29, 0.717) is 34.5 Å². The maximum Gasteiger partial charge on any atom is 0.293 e. The van der Waals surface area contributed by atoms with Crippen molar-refractivity contribution >= 4 is 40.6 Å². The minimum atomic E-state index is -0.277. The monoisotopic (exact) mass is 376 g/mol. The molecular formula is C18H17ClN2O3S. The van der Waals surface area contributed by atoms with Crippen LogP contribution in [0.15, 0.2) is 45.7 Å². The van der Waals surface area contributed by atoms with Gasteiger partial charge in [-0.2, -0.15) is 0 Å². The Morgan fingerprint density at radius 3 is 2.56 bits per heavy atom. The molecule has 0 bridgehead atoms. The van der Waals surface area contributed by atoms with E-state index in [9.17, 15) is 9.59 Å². The molecule has 0 radical (unpaired) electrons. The van der Waals surface area contributed by atoms with Crippen LogP contribution in [0.3, 0.4) is 0 Å². The van der Waals surface area contributed by atoms with Crippen molar-refractivity contribution in [1.82, 2.24) is 9.80 Å². The highest BCUT2D eigenvalue weighted by molar-refractivity contribution is 8.18. The molecule has 1 aliphatic heterocycles. The molecule has 0 saturated carbocycles. The molecule has 130 valence electrons. The first-order valence-electron chi connectivity index (χ1n) is 7.70. The van der Waals surface area contributed by atoms with Crippen LogP contribution in [0, 0.1) is 0 Å². The van der Waals surface area contributed by atoms with Crippen molar-refractivity contribution in [1.29, 1.82) is 0 Å². The highest BCUT2D eigenvalue weighted by Crippen LogP contribution is 2.33. The van der Waals surface area contributed by atoms with Gasteiger partial charge in [0.05, 0.1) is 4.91 Å². The Balaban J connectivity index is 1.76. The van der Waals surface area contributed by atoms with Crippen LogP contribution in [-0.4, -0.2) is 48.1 Å². The first-order chi connectivity index (χ1) is 11.9. The lowest BCUT2D eigenvalue weighted by atomic mass is 10.2. The molecule has 0 aliphatic carbocycles. The molecule has 1 aromatic carbocycles. The molecule has 25 heavy (non-hydrogen) atoms. The van der Waals surface area contributed by atoms with Gasteiger partial charge in [0.2, 0.25) is 0 Å². The minimum Gasteiger partial charge on any atom is -0.457 e. The Morgan fingerprint density at radius 2 is 1.88 bits per heavy atom. The molecule has 0 N–H and O–H groups in total. The van der Waals surface area contributed by atoms with E-state index in [1.165, 1.54) is 4.90 Å². The predicted octanol–water partition coefficient (Wildman–Crippen LogP) is 4.20. The van der Waals surface area contributed by atoms with Crippen molar-refractivity contribution in [3.63, 3.8) is 0 Å². The molecule has 2 amide bonds. The average Bonchev–Trinajstić information content (AvgIpc) is 3.12. The molecule has 5 nitrogen and oxygen atoms in total. The number of carbonyl (C=O) groups is 2. The lowest BCUT2D eigenvalue weighted by Crippen LogP contribution is -2.34. The fraction of sp³-hybridized carbons (Fsp3) is 0.222. The van der Waals surface area contributed by atoms with Crippen molar-refractivity contribution < 1.29 is 14.0 Å². The molecule has 1 aliphatic rings. The van der Waals surface area contributed by atoms with Crippen LogP contribution >= 0.6 is 23.4 Å². The van der Waals surface area contributed by atoms with Gasteiger partial charge in [0, 0.05) is 29.8 Å². The summed E-state index contributed by atoms with van der Waals surface area (Å²) >= 11 is 6.82. The number of hydrogen-bond donors (Lipinski definition) is 0. The van der Waals surface area contributed by atoms with Gasteiger partial charge in [-0.15, -0.1) is 0 Å². The smallest absolute Gasteiger partial charge is 0.293 e. The van der Waals surface area contributed by atoms with E-state index in [4.69, 9.17) is 16.0 Å².